The van der Waals surface area contributed by atoms with Crippen molar-refractivity contribution >= 4 is 23.2 Å². The molecule has 0 radical (unpaired) electrons. The Morgan fingerprint density at radius 1 is 1.15 bits per heavy atom. The number of carbonyl (C=O) groups is 2. The largest absolute Gasteiger partial charge is 0.491 e. The summed E-state index contributed by atoms with van der Waals surface area (Å²) in [4.78, 5) is 23.9. The molecule has 1 aliphatic heterocycles. The molecule has 6 nitrogen and oxygen atoms in total. The highest BCUT2D eigenvalue weighted by Crippen LogP contribution is 2.24. The minimum absolute atomic E-state index is 0.127. The standard InChI is InChI=1S/C21H24N2O4/c1-14-19(22-15(2)24)9-4-10-20(14)23-21(25)16-6-3-7-17(12-16)27-13-18-8-5-11-26-18/h3-4,6-7,9-10,12,18H,5,8,11,13H2,1-2H3,(H,22,24)(H,23,25). The monoisotopic (exact) mass is 368 g/mol. The van der Waals surface area contributed by atoms with Crippen molar-refractivity contribution in [2.24, 2.45) is 0 Å². The van der Waals surface area contributed by atoms with Crippen molar-refractivity contribution in [1.82, 2.24) is 0 Å². The van der Waals surface area contributed by atoms with Crippen LogP contribution in [0.25, 0.3) is 0 Å². The zero-order valence-electron chi connectivity index (χ0n) is 15.6. The van der Waals surface area contributed by atoms with Gasteiger partial charge in [0.25, 0.3) is 5.91 Å². The van der Waals surface area contributed by atoms with Gasteiger partial charge in [-0.15, -0.1) is 0 Å². The van der Waals surface area contributed by atoms with E-state index in [4.69, 9.17) is 9.47 Å². The van der Waals surface area contributed by atoms with E-state index in [-0.39, 0.29) is 17.9 Å². The van der Waals surface area contributed by atoms with Crippen molar-refractivity contribution in [3.8, 4) is 5.75 Å². The molecule has 27 heavy (non-hydrogen) atoms. The van der Waals surface area contributed by atoms with Crippen LogP contribution >= 0.6 is 0 Å². The summed E-state index contributed by atoms with van der Waals surface area (Å²) in [5.74, 6) is 0.250. The maximum absolute atomic E-state index is 12.6. The number of hydrogen-bond donors (Lipinski definition) is 2. The van der Waals surface area contributed by atoms with Crippen LogP contribution in [0.3, 0.4) is 0 Å². The van der Waals surface area contributed by atoms with E-state index in [0.717, 1.165) is 25.0 Å². The molecule has 1 aliphatic rings. The Kier molecular flexibility index (Phi) is 6.08. The second kappa shape index (κ2) is 8.68. The van der Waals surface area contributed by atoms with E-state index in [1.54, 1.807) is 36.4 Å². The van der Waals surface area contributed by atoms with Gasteiger partial charge in [-0.3, -0.25) is 9.59 Å². The summed E-state index contributed by atoms with van der Waals surface area (Å²) >= 11 is 0. The van der Waals surface area contributed by atoms with Crippen molar-refractivity contribution in [1.29, 1.82) is 0 Å². The molecule has 142 valence electrons. The van der Waals surface area contributed by atoms with E-state index < -0.39 is 0 Å². The van der Waals surface area contributed by atoms with Crippen molar-refractivity contribution in [2.45, 2.75) is 32.8 Å². The van der Waals surface area contributed by atoms with Gasteiger partial charge in [0.05, 0.1) is 6.10 Å². The summed E-state index contributed by atoms with van der Waals surface area (Å²) in [5, 5.41) is 5.65. The van der Waals surface area contributed by atoms with Gasteiger partial charge < -0.3 is 20.1 Å². The molecule has 1 fully saturated rings. The van der Waals surface area contributed by atoms with Crippen molar-refractivity contribution in [2.75, 3.05) is 23.8 Å². The fraction of sp³-hybridized carbons (Fsp3) is 0.333. The minimum atomic E-state index is -0.236. The van der Waals surface area contributed by atoms with Crippen LogP contribution in [-0.4, -0.2) is 31.1 Å². The first-order valence-electron chi connectivity index (χ1n) is 9.06. The van der Waals surface area contributed by atoms with Gasteiger partial charge in [-0.25, -0.2) is 0 Å². The van der Waals surface area contributed by atoms with Crippen molar-refractivity contribution in [3.05, 3.63) is 53.6 Å². The first-order chi connectivity index (χ1) is 13.0. The molecule has 1 heterocycles. The fourth-order valence-electron chi connectivity index (χ4n) is 2.98. The van der Waals surface area contributed by atoms with Gasteiger partial charge in [0.1, 0.15) is 12.4 Å². The third kappa shape index (κ3) is 5.08. The second-order valence-electron chi connectivity index (χ2n) is 6.59. The molecule has 2 N–H and O–H groups in total. The Hall–Kier alpha value is -2.86. The molecule has 2 amide bonds. The molecule has 2 aromatic carbocycles. The van der Waals surface area contributed by atoms with E-state index in [1.807, 2.05) is 13.0 Å². The lowest BCUT2D eigenvalue weighted by atomic mass is 10.1. The normalized spacial score (nSPS) is 16.0. The lowest BCUT2D eigenvalue weighted by Crippen LogP contribution is -2.17. The molecule has 1 saturated heterocycles. The maximum Gasteiger partial charge on any atom is 0.255 e. The van der Waals surface area contributed by atoms with E-state index in [2.05, 4.69) is 10.6 Å². The van der Waals surface area contributed by atoms with Crippen LogP contribution in [-0.2, 0) is 9.53 Å². The summed E-state index contributed by atoms with van der Waals surface area (Å²) < 4.78 is 11.3. The maximum atomic E-state index is 12.6. The van der Waals surface area contributed by atoms with Gasteiger partial charge in [-0.05, 0) is 55.7 Å². The molecule has 0 aliphatic carbocycles. The Balaban J connectivity index is 1.67. The molecule has 3 rings (SSSR count). The van der Waals surface area contributed by atoms with E-state index in [1.165, 1.54) is 6.92 Å². The molecular weight excluding hydrogens is 344 g/mol. The quantitative estimate of drug-likeness (QED) is 0.814. The third-order valence-electron chi connectivity index (χ3n) is 4.45. The zero-order valence-corrected chi connectivity index (χ0v) is 15.6. The highest BCUT2D eigenvalue weighted by atomic mass is 16.5. The Bertz CT molecular complexity index is 829. The average Bonchev–Trinajstić information content (AvgIpc) is 3.17. The molecule has 0 bridgehead atoms. The first kappa shape index (κ1) is 18.9. The highest BCUT2D eigenvalue weighted by Gasteiger charge is 2.16. The summed E-state index contributed by atoms with van der Waals surface area (Å²) in [6.45, 7) is 4.57. The molecule has 2 aromatic rings. The number of hydrogen-bond acceptors (Lipinski definition) is 4. The van der Waals surface area contributed by atoms with Gasteiger partial charge >= 0.3 is 0 Å². The molecule has 6 heteroatoms. The van der Waals surface area contributed by atoms with Crippen molar-refractivity contribution < 1.29 is 19.1 Å². The number of ether oxygens (including phenoxy) is 2. The van der Waals surface area contributed by atoms with Gasteiger partial charge in [0.2, 0.25) is 5.91 Å². The van der Waals surface area contributed by atoms with Crippen LogP contribution < -0.4 is 15.4 Å². The first-order valence-corrected chi connectivity index (χ1v) is 9.06. The number of benzene rings is 2. The predicted octanol–water partition coefficient (Wildman–Crippen LogP) is 3.76. The van der Waals surface area contributed by atoms with Crippen LogP contribution in [0.15, 0.2) is 42.5 Å². The van der Waals surface area contributed by atoms with E-state index in [9.17, 15) is 9.59 Å². The second-order valence-corrected chi connectivity index (χ2v) is 6.59. The number of rotatable bonds is 6. The number of carbonyl (C=O) groups excluding carboxylic acids is 2. The molecule has 1 unspecified atom stereocenters. The average molecular weight is 368 g/mol. The zero-order chi connectivity index (χ0) is 19.2. The smallest absolute Gasteiger partial charge is 0.255 e. The fourth-order valence-corrected chi connectivity index (χ4v) is 2.98. The molecular formula is C21H24N2O4. The summed E-state index contributed by atoms with van der Waals surface area (Å²) in [7, 11) is 0. The van der Waals surface area contributed by atoms with Crippen LogP contribution in [0.2, 0.25) is 0 Å². The lowest BCUT2D eigenvalue weighted by molar-refractivity contribution is -0.114. The number of nitrogens with one attached hydrogen (secondary N) is 2. The summed E-state index contributed by atoms with van der Waals surface area (Å²) in [5.41, 5.74) is 2.63. The van der Waals surface area contributed by atoms with Crippen LogP contribution in [0.4, 0.5) is 11.4 Å². The predicted molar refractivity (Wildman–Crippen MR) is 104 cm³/mol. The van der Waals surface area contributed by atoms with E-state index >= 15 is 0 Å². The Morgan fingerprint density at radius 2 is 1.89 bits per heavy atom. The third-order valence-corrected chi connectivity index (χ3v) is 4.45. The van der Waals surface area contributed by atoms with Gasteiger partial charge in [0, 0.05) is 30.5 Å². The molecule has 0 aromatic heterocycles. The SMILES string of the molecule is CC(=O)Nc1cccc(NC(=O)c2cccc(OCC3CCCO3)c2)c1C. The number of anilines is 2. The molecule has 0 spiro atoms. The summed E-state index contributed by atoms with van der Waals surface area (Å²) in [6, 6.07) is 12.5. The van der Waals surface area contributed by atoms with E-state index in [0.29, 0.717) is 29.3 Å². The van der Waals surface area contributed by atoms with Crippen LogP contribution in [0.1, 0.15) is 35.7 Å². The topological polar surface area (TPSA) is 76.7 Å². The van der Waals surface area contributed by atoms with Gasteiger partial charge in [-0.1, -0.05) is 12.1 Å². The molecule has 1 atom stereocenters. The molecule has 0 saturated carbocycles. The lowest BCUT2D eigenvalue weighted by Gasteiger charge is -2.14. The van der Waals surface area contributed by atoms with Crippen LogP contribution in [0.5, 0.6) is 5.75 Å². The Labute approximate surface area is 158 Å². The summed E-state index contributed by atoms with van der Waals surface area (Å²) in [6.07, 6.45) is 2.19. The Morgan fingerprint density at radius 3 is 2.59 bits per heavy atom. The van der Waals surface area contributed by atoms with Gasteiger partial charge in [-0.2, -0.15) is 0 Å². The van der Waals surface area contributed by atoms with Crippen molar-refractivity contribution in [3.63, 3.8) is 0 Å². The number of amides is 2. The minimum Gasteiger partial charge on any atom is -0.491 e. The highest BCUT2D eigenvalue weighted by molar-refractivity contribution is 6.05. The van der Waals surface area contributed by atoms with Gasteiger partial charge in [0.15, 0.2) is 0 Å². The van der Waals surface area contributed by atoms with Crippen LogP contribution in [0, 0.1) is 6.92 Å².